The summed E-state index contributed by atoms with van der Waals surface area (Å²) in [6.45, 7) is -0.0856. The van der Waals surface area contributed by atoms with Crippen molar-refractivity contribution in [3.63, 3.8) is 0 Å². The van der Waals surface area contributed by atoms with Crippen molar-refractivity contribution in [1.29, 1.82) is 0 Å². The van der Waals surface area contributed by atoms with Gasteiger partial charge in [-0.25, -0.2) is 0 Å². The smallest absolute Gasteiger partial charge is 0.242 e. The highest BCUT2D eigenvalue weighted by Gasteiger charge is 2.27. The van der Waals surface area contributed by atoms with Gasteiger partial charge in [-0.05, 0) is 17.2 Å². The molecule has 1 heterocycles. The average Bonchev–Trinajstić information content (AvgIpc) is 2.95. The molecule has 0 spiro atoms. The van der Waals surface area contributed by atoms with Gasteiger partial charge in [0.1, 0.15) is 0 Å². The summed E-state index contributed by atoms with van der Waals surface area (Å²) in [5, 5.41) is 24.5. The summed E-state index contributed by atoms with van der Waals surface area (Å²) < 4.78 is 0.841. The molecule has 0 bridgehead atoms. The fraction of sp³-hybridized carbons (Fsp3) is 0.0312. The SMILES string of the molecule is [O-][n+]1c(/C=C(\B(c2ccccc2)c2ccccc2)c2ccccc2)cccc1C(O)c1ccccc1. The molecule has 1 atom stereocenters. The van der Waals surface area contributed by atoms with Crippen LogP contribution in [0.1, 0.15) is 28.6 Å². The Kier molecular flexibility index (Phi) is 7.06. The lowest BCUT2D eigenvalue weighted by Crippen LogP contribution is -2.44. The third-order valence-corrected chi connectivity index (χ3v) is 6.39. The molecule has 0 saturated heterocycles. The van der Waals surface area contributed by atoms with Crippen LogP contribution < -0.4 is 15.7 Å². The number of aliphatic hydroxyl groups excluding tert-OH is 1. The Morgan fingerprint density at radius 2 is 1.14 bits per heavy atom. The van der Waals surface area contributed by atoms with Crippen LogP contribution in [0.25, 0.3) is 11.5 Å². The van der Waals surface area contributed by atoms with Gasteiger partial charge in [0, 0.05) is 18.2 Å². The quantitative estimate of drug-likeness (QED) is 0.213. The summed E-state index contributed by atoms with van der Waals surface area (Å²) in [6.07, 6.45) is 0.935. The standard InChI is InChI=1S/C32H26BNO2/c35-32(26-16-7-2-8-17-26)31-23-13-22-29(34(31)36)24-30(25-14-5-1-6-15-25)33(27-18-9-3-10-19-27)28-20-11-4-12-21-28/h1-24,32,35H/b30-24-. The van der Waals surface area contributed by atoms with Gasteiger partial charge < -0.3 is 10.3 Å². The zero-order chi connectivity index (χ0) is 24.7. The number of benzene rings is 4. The van der Waals surface area contributed by atoms with Crippen LogP contribution in [0, 0.1) is 5.21 Å². The van der Waals surface area contributed by atoms with Gasteiger partial charge in [0.25, 0.3) is 0 Å². The molecule has 1 aromatic heterocycles. The molecular weight excluding hydrogens is 441 g/mol. The average molecular weight is 467 g/mol. The third-order valence-electron chi connectivity index (χ3n) is 6.39. The highest BCUT2D eigenvalue weighted by atomic mass is 16.5. The van der Waals surface area contributed by atoms with Crippen molar-refractivity contribution in [3.8, 4) is 0 Å². The summed E-state index contributed by atoms with van der Waals surface area (Å²) in [4.78, 5) is 0. The van der Waals surface area contributed by atoms with Crippen molar-refractivity contribution in [3.05, 3.63) is 167 Å². The zero-order valence-corrected chi connectivity index (χ0v) is 19.8. The normalized spacial score (nSPS) is 12.2. The first-order chi connectivity index (χ1) is 17.7. The minimum Gasteiger partial charge on any atom is -0.618 e. The van der Waals surface area contributed by atoms with Crippen LogP contribution in [0.3, 0.4) is 0 Å². The van der Waals surface area contributed by atoms with E-state index in [-0.39, 0.29) is 6.71 Å². The van der Waals surface area contributed by atoms with Crippen LogP contribution in [0.5, 0.6) is 0 Å². The van der Waals surface area contributed by atoms with E-state index in [2.05, 4.69) is 36.4 Å². The first-order valence-corrected chi connectivity index (χ1v) is 12.0. The van der Waals surface area contributed by atoms with Gasteiger partial charge in [-0.3, -0.25) is 0 Å². The molecule has 0 radical (unpaired) electrons. The predicted molar refractivity (Wildman–Crippen MR) is 148 cm³/mol. The Morgan fingerprint density at radius 3 is 1.69 bits per heavy atom. The Morgan fingerprint density at radius 1 is 0.639 bits per heavy atom. The molecule has 5 aromatic rings. The third kappa shape index (κ3) is 5.00. The number of nitrogens with zero attached hydrogens (tertiary/aromatic N) is 1. The minimum atomic E-state index is -1.02. The second-order valence-corrected chi connectivity index (χ2v) is 8.70. The van der Waals surface area contributed by atoms with E-state index in [4.69, 9.17) is 0 Å². The first-order valence-electron chi connectivity index (χ1n) is 12.0. The molecule has 0 amide bonds. The number of pyridine rings is 1. The summed E-state index contributed by atoms with van der Waals surface area (Å²) in [6, 6.07) is 45.4. The van der Waals surface area contributed by atoms with Crippen LogP contribution >= 0.6 is 0 Å². The van der Waals surface area contributed by atoms with Crippen molar-refractivity contribution in [2.24, 2.45) is 0 Å². The van der Waals surface area contributed by atoms with Gasteiger partial charge in [0.2, 0.25) is 18.1 Å². The predicted octanol–water partition coefficient (Wildman–Crippen LogP) is 4.79. The molecule has 36 heavy (non-hydrogen) atoms. The van der Waals surface area contributed by atoms with Gasteiger partial charge in [0.15, 0.2) is 6.10 Å². The molecular formula is C32H26BNO2. The van der Waals surface area contributed by atoms with Crippen molar-refractivity contribution in [1.82, 2.24) is 0 Å². The maximum absolute atomic E-state index is 13.6. The van der Waals surface area contributed by atoms with Crippen molar-refractivity contribution in [2.75, 3.05) is 0 Å². The van der Waals surface area contributed by atoms with E-state index in [9.17, 15) is 10.3 Å². The van der Waals surface area contributed by atoms with Crippen molar-refractivity contribution in [2.45, 2.75) is 6.10 Å². The monoisotopic (exact) mass is 467 g/mol. The van der Waals surface area contributed by atoms with Crippen LogP contribution in [-0.2, 0) is 0 Å². The summed E-state index contributed by atoms with van der Waals surface area (Å²) in [7, 11) is 0. The van der Waals surface area contributed by atoms with Crippen LogP contribution in [0.4, 0.5) is 0 Å². The second kappa shape index (κ2) is 10.9. The Hall–Kier alpha value is -4.41. The molecule has 174 valence electrons. The molecule has 4 aromatic carbocycles. The number of aliphatic hydroxyl groups is 1. The van der Waals surface area contributed by atoms with Crippen LogP contribution in [0.2, 0.25) is 0 Å². The van der Waals surface area contributed by atoms with Gasteiger partial charge in [-0.1, -0.05) is 138 Å². The number of aromatic nitrogens is 1. The maximum Gasteiger partial charge on any atom is 0.242 e. The lowest BCUT2D eigenvalue weighted by atomic mass is 9.35. The Bertz CT molecular complexity index is 1400. The molecule has 0 aliphatic carbocycles. The van der Waals surface area contributed by atoms with Gasteiger partial charge in [-0.15, -0.1) is 0 Å². The molecule has 1 unspecified atom stereocenters. The van der Waals surface area contributed by atoms with E-state index in [0.717, 1.165) is 26.7 Å². The van der Waals surface area contributed by atoms with E-state index in [1.165, 1.54) is 0 Å². The molecule has 0 aliphatic heterocycles. The molecule has 0 saturated carbocycles. The van der Waals surface area contributed by atoms with Gasteiger partial charge in [0.05, 0.1) is 0 Å². The van der Waals surface area contributed by atoms with Crippen molar-refractivity contribution < 1.29 is 9.84 Å². The first kappa shape index (κ1) is 23.3. The lowest BCUT2D eigenvalue weighted by molar-refractivity contribution is -0.619. The fourth-order valence-electron chi connectivity index (χ4n) is 4.61. The molecule has 0 aliphatic rings. The maximum atomic E-state index is 13.6. The second-order valence-electron chi connectivity index (χ2n) is 8.70. The van der Waals surface area contributed by atoms with E-state index < -0.39 is 6.10 Å². The number of hydrogen-bond acceptors (Lipinski definition) is 2. The van der Waals surface area contributed by atoms with E-state index in [1.807, 2.05) is 97.1 Å². The van der Waals surface area contributed by atoms with E-state index >= 15 is 0 Å². The molecule has 0 fully saturated rings. The molecule has 5 rings (SSSR count). The highest BCUT2D eigenvalue weighted by Crippen LogP contribution is 2.23. The lowest BCUT2D eigenvalue weighted by Gasteiger charge is -2.20. The van der Waals surface area contributed by atoms with E-state index in [1.54, 1.807) is 12.1 Å². The van der Waals surface area contributed by atoms with Gasteiger partial charge in [-0.2, -0.15) is 4.73 Å². The molecule has 1 N–H and O–H groups in total. The van der Waals surface area contributed by atoms with Crippen LogP contribution in [-0.4, -0.2) is 11.8 Å². The summed E-state index contributed by atoms with van der Waals surface area (Å²) in [5.74, 6) is 0. The summed E-state index contributed by atoms with van der Waals surface area (Å²) in [5.41, 5.74) is 5.75. The Balaban J connectivity index is 1.69. The van der Waals surface area contributed by atoms with Crippen LogP contribution in [0.15, 0.2) is 140 Å². The topological polar surface area (TPSA) is 47.2 Å². The highest BCUT2D eigenvalue weighted by molar-refractivity contribution is 7.00. The zero-order valence-electron chi connectivity index (χ0n) is 19.8. The molecule has 3 nitrogen and oxygen atoms in total. The van der Waals surface area contributed by atoms with Gasteiger partial charge >= 0.3 is 0 Å². The summed E-state index contributed by atoms with van der Waals surface area (Å²) >= 11 is 0. The van der Waals surface area contributed by atoms with Crippen molar-refractivity contribution >= 4 is 29.2 Å². The largest absolute Gasteiger partial charge is 0.618 e. The molecule has 4 heteroatoms. The minimum absolute atomic E-state index is 0.0856. The number of hydrogen-bond donors (Lipinski definition) is 1. The Labute approximate surface area is 212 Å². The fourth-order valence-corrected chi connectivity index (χ4v) is 4.61. The van der Waals surface area contributed by atoms with E-state index in [0.29, 0.717) is 17.0 Å². The number of rotatable bonds is 7.